The summed E-state index contributed by atoms with van der Waals surface area (Å²) in [6.45, 7) is 0.636. The highest BCUT2D eigenvalue weighted by atomic mass is 32.2. The van der Waals surface area contributed by atoms with Crippen molar-refractivity contribution >= 4 is 40.6 Å². The molecule has 0 unspecified atom stereocenters. The average Bonchev–Trinajstić information content (AvgIpc) is 2.85. The number of fused-ring (bicyclic) bond motifs is 1. The molecule has 2 amide bonds. The summed E-state index contributed by atoms with van der Waals surface area (Å²) in [6.07, 6.45) is 0.443. The second-order valence-corrected chi connectivity index (χ2v) is 6.95. The fourth-order valence-corrected chi connectivity index (χ4v) is 3.56. The largest absolute Gasteiger partial charge is 0.378 e. The monoisotopic (exact) mass is 386 g/mol. The first kappa shape index (κ1) is 18.7. The van der Waals surface area contributed by atoms with Crippen molar-refractivity contribution in [3.63, 3.8) is 0 Å². The van der Waals surface area contributed by atoms with E-state index >= 15 is 0 Å². The van der Waals surface area contributed by atoms with E-state index in [4.69, 9.17) is 0 Å². The van der Waals surface area contributed by atoms with Gasteiger partial charge in [-0.25, -0.2) is 0 Å². The van der Waals surface area contributed by atoms with Crippen molar-refractivity contribution in [2.24, 2.45) is 0 Å². The van der Waals surface area contributed by atoms with Crippen LogP contribution in [0.4, 0.5) is 17.1 Å². The normalized spacial score (nSPS) is 13.1. The van der Waals surface area contributed by atoms with E-state index in [2.05, 4.69) is 16.0 Å². The molecule has 0 bridgehead atoms. The molecule has 1 aliphatic heterocycles. The Morgan fingerprint density at radius 3 is 2.85 bits per heavy atom. The van der Waals surface area contributed by atoms with Crippen LogP contribution in [0.5, 0.6) is 0 Å². The van der Waals surface area contributed by atoms with Crippen LogP contribution in [0.1, 0.15) is 16.8 Å². The minimum absolute atomic E-state index is 0.0113. The molecule has 9 heteroatoms. The van der Waals surface area contributed by atoms with E-state index in [-0.39, 0.29) is 17.5 Å². The number of carbonyl (C=O) groups excluding carboxylic acids is 2. The summed E-state index contributed by atoms with van der Waals surface area (Å²) in [6, 6.07) is 11.5. The summed E-state index contributed by atoms with van der Waals surface area (Å²) >= 11 is 1.58. The first-order valence-corrected chi connectivity index (χ1v) is 9.35. The zero-order valence-corrected chi connectivity index (χ0v) is 15.2. The number of hydrogen-bond donors (Lipinski definition) is 3. The summed E-state index contributed by atoms with van der Waals surface area (Å²) in [4.78, 5) is 35.4. The second-order valence-electron chi connectivity index (χ2n) is 5.81. The molecule has 0 spiro atoms. The molecule has 1 heterocycles. The number of para-hydroxylation sites is 2. The molecule has 2 aromatic rings. The lowest BCUT2D eigenvalue weighted by atomic mass is 10.2. The van der Waals surface area contributed by atoms with Crippen LogP contribution in [-0.4, -0.2) is 35.6 Å². The van der Waals surface area contributed by atoms with Gasteiger partial charge >= 0.3 is 0 Å². The van der Waals surface area contributed by atoms with Crippen LogP contribution >= 0.6 is 11.8 Å². The van der Waals surface area contributed by atoms with Gasteiger partial charge in [0.2, 0.25) is 5.91 Å². The molecule has 8 nitrogen and oxygen atoms in total. The van der Waals surface area contributed by atoms with Crippen LogP contribution in [-0.2, 0) is 4.79 Å². The summed E-state index contributed by atoms with van der Waals surface area (Å²) in [5.41, 5.74) is 1.49. The fourth-order valence-electron chi connectivity index (χ4n) is 2.62. The standard InChI is InChI=1S/C18H18N4O4S/c23-17-7-10-27-16-6-5-12(11-14(16)21-17)18(24)20-9-8-19-13-3-1-2-4-15(13)22(25)26/h1-6,11,19H,7-10H2,(H,20,24)(H,21,23). The van der Waals surface area contributed by atoms with Gasteiger partial charge in [-0.15, -0.1) is 11.8 Å². The number of carbonyl (C=O) groups is 2. The second kappa shape index (κ2) is 8.54. The Labute approximate surface area is 159 Å². The van der Waals surface area contributed by atoms with Crippen LogP contribution in [0, 0.1) is 10.1 Å². The van der Waals surface area contributed by atoms with Gasteiger partial charge in [0.15, 0.2) is 0 Å². The first-order chi connectivity index (χ1) is 13.0. The topological polar surface area (TPSA) is 113 Å². The van der Waals surface area contributed by atoms with Gasteiger partial charge < -0.3 is 16.0 Å². The lowest BCUT2D eigenvalue weighted by Gasteiger charge is -2.10. The van der Waals surface area contributed by atoms with E-state index in [0.29, 0.717) is 42.2 Å². The van der Waals surface area contributed by atoms with Gasteiger partial charge in [0.25, 0.3) is 11.6 Å². The Kier molecular flexibility index (Phi) is 5.92. The van der Waals surface area contributed by atoms with Crippen molar-refractivity contribution in [3.05, 3.63) is 58.1 Å². The molecule has 1 aliphatic rings. The zero-order chi connectivity index (χ0) is 19.2. The molecule has 0 radical (unpaired) electrons. The molecular formula is C18H18N4O4S. The average molecular weight is 386 g/mol. The number of benzene rings is 2. The number of amides is 2. The van der Waals surface area contributed by atoms with Crippen molar-refractivity contribution in [1.82, 2.24) is 5.32 Å². The molecule has 3 rings (SSSR count). The number of nitro benzene ring substituents is 1. The van der Waals surface area contributed by atoms with Gasteiger partial charge in [-0.1, -0.05) is 12.1 Å². The molecular weight excluding hydrogens is 368 g/mol. The number of rotatable bonds is 6. The number of nitro groups is 1. The fraction of sp³-hybridized carbons (Fsp3) is 0.222. The SMILES string of the molecule is O=C1CCSc2ccc(C(=O)NCCNc3ccccc3[N+](=O)[O-])cc2N1. The van der Waals surface area contributed by atoms with Gasteiger partial charge in [-0.05, 0) is 24.3 Å². The van der Waals surface area contributed by atoms with E-state index in [0.717, 1.165) is 4.90 Å². The Balaban J connectivity index is 1.56. The van der Waals surface area contributed by atoms with Crippen LogP contribution < -0.4 is 16.0 Å². The zero-order valence-electron chi connectivity index (χ0n) is 14.4. The minimum atomic E-state index is -0.455. The van der Waals surface area contributed by atoms with Crippen molar-refractivity contribution in [2.45, 2.75) is 11.3 Å². The van der Waals surface area contributed by atoms with E-state index in [1.165, 1.54) is 6.07 Å². The maximum atomic E-state index is 12.3. The highest BCUT2D eigenvalue weighted by Gasteiger charge is 2.16. The number of nitrogens with zero attached hydrogens (tertiary/aromatic N) is 1. The number of nitrogens with one attached hydrogen (secondary N) is 3. The number of thioether (sulfide) groups is 1. The maximum Gasteiger partial charge on any atom is 0.292 e. The Morgan fingerprint density at radius 1 is 1.22 bits per heavy atom. The van der Waals surface area contributed by atoms with Crippen molar-refractivity contribution < 1.29 is 14.5 Å². The van der Waals surface area contributed by atoms with Crippen LogP contribution in [0.15, 0.2) is 47.4 Å². The molecule has 140 valence electrons. The van der Waals surface area contributed by atoms with Crippen molar-refractivity contribution in [3.8, 4) is 0 Å². The summed E-state index contributed by atoms with van der Waals surface area (Å²) in [7, 11) is 0. The maximum absolute atomic E-state index is 12.3. The third-order valence-electron chi connectivity index (χ3n) is 3.93. The third kappa shape index (κ3) is 4.76. The quantitative estimate of drug-likeness (QED) is 0.400. The Hall–Kier alpha value is -3.07. The molecule has 0 saturated heterocycles. The number of hydrogen-bond acceptors (Lipinski definition) is 6. The Morgan fingerprint density at radius 2 is 2.04 bits per heavy atom. The van der Waals surface area contributed by atoms with Crippen molar-refractivity contribution in [1.29, 1.82) is 0 Å². The van der Waals surface area contributed by atoms with E-state index in [9.17, 15) is 19.7 Å². The van der Waals surface area contributed by atoms with Gasteiger partial charge in [0, 0.05) is 41.8 Å². The lowest BCUT2D eigenvalue weighted by molar-refractivity contribution is -0.384. The third-order valence-corrected chi connectivity index (χ3v) is 5.00. The minimum Gasteiger partial charge on any atom is -0.378 e. The van der Waals surface area contributed by atoms with Crippen molar-refractivity contribution in [2.75, 3.05) is 29.5 Å². The van der Waals surface area contributed by atoms with E-state index < -0.39 is 4.92 Å². The Bertz CT molecular complexity index is 887. The highest BCUT2D eigenvalue weighted by molar-refractivity contribution is 7.99. The summed E-state index contributed by atoms with van der Waals surface area (Å²) < 4.78 is 0. The number of anilines is 2. The van der Waals surface area contributed by atoms with E-state index in [1.54, 1.807) is 42.1 Å². The molecule has 0 aromatic heterocycles. The molecule has 0 saturated carbocycles. The van der Waals surface area contributed by atoms with Crippen LogP contribution in [0.25, 0.3) is 0 Å². The van der Waals surface area contributed by atoms with Crippen LogP contribution in [0.2, 0.25) is 0 Å². The van der Waals surface area contributed by atoms with Gasteiger partial charge in [0.1, 0.15) is 5.69 Å². The molecule has 2 aromatic carbocycles. The van der Waals surface area contributed by atoms with Crippen LogP contribution in [0.3, 0.4) is 0 Å². The molecule has 0 aliphatic carbocycles. The highest BCUT2D eigenvalue weighted by Crippen LogP contribution is 2.31. The smallest absolute Gasteiger partial charge is 0.292 e. The first-order valence-electron chi connectivity index (χ1n) is 8.37. The lowest BCUT2D eigenvalue weighted by Crippen LogP contribution is -2.29. The van der Waals surface area contributed by atoms with Gasteiger partial charge in [0.05, 0.1) is 10.6 Å². The molecule has 3 N–H and O–H groups in total. The summed E-state index contributed by atoms with van der Waals surface area (Å²) in [5.74, 6) is 0.375. The summed E-state index contributed by atoms with van der Waals surface area (Å²) in [5, 5.41) is 19.5. The van der Waals surface area contributed by atoms with Gasteiger partial charge in [-0.3, -0.25) is 19.7 Å². The van der Waals surface area contributed by atoms with E-state index in [1.807, 2.05) is 6.07 Å². The predicted octanol–water partition coefficient (Wildman–Crippen LogP) is 2.87. The molecule has 0 fully saturated rings. The predicted molar refractivity (Wildman–Crippen MR) is 104 cm³/mol. The molecule has 27 heavy (non-hydrogen) atoms. The molecule has 0 atom stereocenters. The van der Waals surface area contributed by atoms with Gasteiger partial charge in [-0.2, -0.15) is 0 Å².